The molecule has 7 heteroatoms. The van der Waals surface area contributed by atoms with Crippen LogP contribution >= 0.6 is 39.9 Å². The fourth-order valence-electron chi connectivity index (χ4n) is 1.92. The lowest BCUT2D eigenvalue weighted by Gasteiger charge is -2.09. The van der Waals surface area contributed by atoms with Gasteiger partial charge in [-0.2, -0.15) is 0 Å². The Balaban J connectivity index is 0.00000264. The Morgan fingerprint density at radius 3 is 2.70 bits per heavy atom. The molecule has 0 aliphatic carbocycles. The molecule has 1 aromatic heterocycles. The van der Waals surface area contributed by atoms with E-state index in [0.29, 0.717) is 19.0 Å². The Morgan fingerprint density at radius 1 is 1.30 bits per heavy atom. The van der Waals surface area contributed by atoms with Gasteiger partial charge >= 0.3 is 0 Å². The van der Waals surface area contributed by atoms with Crippen LogP contribution in [0.1, 0.15) is 29.8 Å². The van der Waals surface area contributed by atoms with E-state index in [4.69, 9.17) is 4.42 Å². The minimum absolute atomic E-state index is 0. The Morgan fingerprint density at radius 2 is 2.09 bits per heavy atom. The molecular formula is C16H22BrIN4O. The van der Waals surface area contributed by atoms with E-state index in [1.807, 2.05) is 32.9 Å². The molecule has 0 aliphatic rings. The Labute approximate surface area is 162 Å². The molecule has 23 heavy (non-hydrogen) atoms. The summed E-state index contributed by atoms with van der Waals surface area (Å²) in [6, 6.07) is 8.13. The van der Waals surface area contributed by atoms with E-state index in [9.17, 15) is 0 Å². The van der Waals surface area contributed by atoms with Gasteiger partial charge in [0.15, 0.2) is 5.96 Å². The number of nitrogens with one attached hydrogen (secondary N) is 2. The first kappa shape index (κ1) is 20.0. The van der Waals surface area contributed by atoms with E-state index in [0.717, 1.165) is 34.0 Å². The molecule has 1 aromatic carbocycles. The van der Waals surface area contributed by atoms with Gasteiger partial charge in [-0.05, 0) is 38.5 Å². The zero-order valence-electron chi connectivity index (χ0n) is 13.5. The minimum Gasteiger partial charge on any atom is -0.444 e. The first-order chi connectivity index (χ1) is 10.6. The van der Waals surface area contributed by atoms with Crippen LogP contribution in [0.5, 0.6) is 0 Å². The van der Waals surface area contributed by atoms with Gasteiger partial charge in [-0.1, -0.05) is 28.1 Å². The van der Waals surface area contributed by atoms with Crippen LogP contribution < -0.4 is 10.6 Å². The molecule has 2 N–H and O–H groups in total. The molecule has 2 aromatic rings. The van der Waals surface area contributed by atoms with Crippen LogP contribution in [0.15, 0.2) is 38.1 Å². The van der Waals surface area contributed by atoms with Crippen molar-refractivity contribution in [2.45, 2.75) is 33.9 Å². The van der Waals surface area contributed by atoms with Crippen LogP contribution in [-0.2, 0) is 13.1 Å². The van der Waals surface area contributed by atoms with E-state index < -0.39 is 0 Å². The topological polar surface area (TPSA) is 62.5 Å². The van der Waals surface area contributed by atoms with Crippen LogP contribution in [0.4, 0.5) is 0 Å². The highest BCUT2D eigenvalue weighted by Crippen LogP contribution is 2.12. The summed E-state index contributed by atoms with van der Waals surface area (Å²) >= 11 is 3.47. The summed E-state index contributed by atoms with van der Waals surface area (Å²) in [6.07, 6.45) is 0. The third-order valence-electron chi connectivity index (χ3n) is 3.13. The van der Waals surface area contributed by atoms with Crippen molar-refractivity contribution in [1.29, 1.82) is 0 Å². The van der Waals surface area contributed by atoms with Crippen molar-refractivity contribution in [1.82, 2.24) is 15.6 Å². The number of benzene rings is 1. The number of rotatable bonds is 5. The number of oxazole rings is 1. The van der Waals surface area contributed by atoms with E-state index in [2.05, 4.69) is 48.7 Å². The highest BCUT2D eigenvalue weighted by Gasteiger charge is 2.06. The molecule has 0 fully saturated rings. The van der Waals surface area contributed by atoms with Gasteiger partial charge < -0.3 is 15.1 Å². The van der Waals surface area contributed by atoms with Crippen molar-refractivity contribution in [3.63, 3.8) is 0 Å². The first-order valence-corrected chi connectivity index (χ1v) is 8.07. The summed E-state index contributed by atoms with van der Waals surface area (Å²) in [5, 5.41) is 6.45. The maximum absolute atomic E-state index is 5.56. The molecule has 126 valence electrons. The maximum Gasteiger partial charge on any atom is 0.214 e. The second-order valence-electron chi connectivity index (χ2n) is 4.93. The second-order valence-corrected chi connectivity index (χ2v) is 5.84. The third-order valence-corrected chi connectivity index (χ3v) is 3.63. The Hall–Kier alpha value is -1.09. The summed E-state index contributed by atoms with van der Waals surface area (Å²) in [4.78, 5) is 8.93. The smallest absolute Gasteiger partial charge is 0.214 e. The number of aliphatic imine (C=N–C) groups is 1. The lowest BCUT2D eigenvalue weighted by Crippen LogP contribution is -2.36. The summed E-state index contributed by atoms with van der Waals surface area (Å²) in [5.41, 5.74) is 2.07. The van der Waals surface area contributed by atoms with Crippen LogP contribution in [0.3, 0.4) is 0 Å². The SMILES string of the molecule is CCNC(=NCc1cccc(Br)c1)NCc1nc(C)c(C)o1.I. The summed E-state index contributed by atoms with van der Waals surface area (Å²) in [7, 11) is 0. The number of guanidine groups is 1. The van der Waals surface area contributed by atoms with E-state index >= 15 is 0 Å². The standard InChI is InChI=1S/C16H21BrN4O.HI/c1-4-18-16(19-9-13-6-5-7-14(17)8-13)20-10-15-21-11(2)12(3)22-15;/h5-8H,4,9-10H2,1-3H3,(H2,18,19,20);1H. The molecular weight excluding hydrogens is 471 g/mol. The van der Waals surface area contributed by atoms with Gasteiger partial charge in [0.25, 0.3) is 0 Å². The van der Waals surface area contributed by atoms with Gasteiger partial charge in [0.1, 0.15) is 5.76 Å². The molecule has 5 nitrogen and oxygen atoms in total. The number of hydrogen-bond acceptors (Lipinski definition) is 3. The van der Waals surface area contributed by atoms with Crippen LogP contribution in [0, 0.1) is 13.8 Å². The third kappa shape index (κ3) is 6.50. The van der Waals surface area contributed by atoms with Crippen molar-refractivity contribution in [2.24, 2.45) is 4.99 Å². The van der Waals surface area contributed by atoms with E-state index in [1.165, 1.54) is 0 Å². The molecule has 0 spiro atoms. The predicted molar refractivity (Wildman–Crippen MR) is 107 cm³/mol. The highest BCUT2D eigenvalue weighted by atomic mass is 127. The van der Waals surface area contributed by atoms with Crippen molar-refractivity contribution < 1.29 is 4.42 Å². The number of hydrogen-bond donors (Lipinski definition) is 2. The second kappa shape index (κ2) is 9.92. The lowest BCUT2D eigenvalue weighted by atomic mass is 10.2. The van der Waals surface area contributed by atoms with Crippen LogP contribution in [0.25, 0.3) is 0 Å². The number of aromatic nitrogens is 1. The number of halogens is 2. The molecule has 0 saturated heterocycles. The predicted octanol–water partition coefficient (Wildman–Crippen LogP) is 3.93. The molecule has 2 rings (SSSR count). The summed E-state index contributed by atoms with van der Waals surface area (Å²) in [6.45, 7) is 7.81. The van der Waals surface area contributed by atoms with Crippen LogP contribution in [-0.4, -0.2) is 17.5 Å². The molecule has 0 saturated carbocycles. The zero-order valence-corrected chi connectivity index (χ0v) is 17.4. The van der Waals surface area contributed by atoms with E-state index in [-0.39, 0.29) is 24.0 Å². The molecule has 0 atom stereocenters. The Kier molecular flexibility index (Phi) is 8.60. The van der Waals surface area contributed by atoms with Crippen molar-refractivity contribution in [3.8, 4) is 0 Å². The largest absolute Gasteiger partial charge is 0.444 e. The normalized spacial score (nSPS) is 11.0. The molecule has 1 heterocycles. The maximum atomic E-state index is 5.56. The zero-order chi connectivity index (χ0) is 15.9. The lowest BCUT2D eigenvalue weighted by molar-refractivity contribution is 0.463. The number of nitrogens with zero attached hydrogens (tertiary/aromatic N) is 2. The summed E-state index contributed by atoms with van der Waals surface area (Å²) < 4.78 is 6.62. The van der Waals surface area contributed by atoms with Gasteiger partial charge in [-0.3, -0.25) is 0 Å². The molecule has 0 radical (unpaired) electrons. The molecule has 0 amide bonds. The van der Waals surface area contributed by atoms with Crippen LogP contribution in [0.2, 0.25) is 0 Å². The molecule has 0 bridgehead atoms. The highest BCUT2D eigenvalue weighted by molar-refractivity contribution is 14.0. The fraction of sp³-hybridized carbons (Fsp3) is 0.375. The average molecular weight is 493 g/mol. The van der Waals surface area contributed by atoms with Gasteiger partial charge in [-0.25, -0.2) is 9.98 Å². The monoisotopic (exact) mass is 492 g/mol. The number of aryl methyl sites for hydroxylation is 2. The van der Waals surface area contributed by atoms with Gasteiger partial charge in [0, 0.05) is 11.0 Å². The van der Waals surface area contributed by atoms with Crippen molar-refractivity contribution >= 4 is 45.9 Å². The van der Waals surface area contributed by atoms with Gasteiger partial charge in [0.2, 0.25) is 5.89 Å². The van der Waals surface area contributed by atoms with E-state index in [1.54, 1.807) is 0 Å². The Bertz CT molecular complexity index is 638. The fourth-order valence-corrected chi connectivity index (χ4v) is 2.37. The minimum atomic E-state index is 0. The molecule has 0 unspecified atom stereocenters. The van der Waals surface area contributed by atoms with Gasteiger partial charge in [0.05, 0.1) is 18.8 Å². The quantitative estimate of drug-likeness (QED) is 0.377. The average Bonchev–Trinajstić information content (AvgIpc) is 2.81. The molecule has 0 aliphatic heterocycles. The summed E-state index contributed by atoms with van der Waals surface area (Å²) in [5.74, 6) is 2.27. The van der Waals surface area contributed by atoms with Crippen molar-refractivity contribution in [2.75, 3.05) is 6.54 Å². The van der Waals surface area contributed by atoms with Gasteiger partial charge in [-0.15, -0.1) is 24.0 Å². The van der Waals surface area contributed by atoms with Crippen molar-refractivity contribution in [3.05, 3.63) is 51.6 Å². The first-order valence-electron chi connectivity index (χ1n) is 7.28.